The van der Waals surface area contributed by atoms with E-state index in [1.54, 1.807) is 6.07 Å². The van der Waals surface area contributed by atoms with E-state index in [-0.39, 0.29) is 11.7 Å². The summed E-state index contributed by atoms with van der Waals surface area (Å²) in [7, 11) is 0. The van der Waals surface area contributed by atoms with Crippen LogP contribution in [-0.4, -0.2) is 16.6 Å². The fraction of sp³-hybridized carbons (Fsp3) is 0.640. The van der Waals surface area contributed by atoms with E-state index in [4.69, 9.17) is 4.74 Å². The van der Waals surface area contributed by atoms with Crippen LogP contribution >= 0.6 is 0 Å². The van der Waals surface area contributed by atoms with Crippen LogP contribution in [0.15, 0.2) is 30.6 Å². The maximum Gasteiger partial charge on any atom is 0.130 e. The van der Waals surface area contributed by atoms with Crippen LogP contribution in [0.4, 0.5) is 4.39 Å². The van der Waals surface area contributed by atoms with Gasteiger partial charge in [0.05, 0.1) is 6.61 Å². The number of imidazole rings is 1. The van der Waals surface area contributed by atoms with E-state index in [0.717, 1.165) is 43.5 Å². The molecular weight excluding hydrogens is 363 g/mol. The van der Waals surface area contributed by atoms with Crippen molar-refractivity contribution >= 4 is 0 Å². The molecule has 0 radical (unpaired) electrons. The van der Waals surface area contributed by atoms with Crippen molar-refractivity contribution in [2.45, 2.75) is 96.8 Å². The summed E-state index contributed by atoms with van der Waals surface area (Å²) in [5.74, 6) is 2.24. The molecule has 29 heavy (non-hydrogen) atoms. The van der Waals surface area contributed by atoms with Crippen molar-refractivity contribution in [2.75, 3.05) is 6.61 Å². The summed E-state index contributed by atoms with van der Waals surface area (Å²) in [5.41, 5.74) is 0.794. The van der Waals surface area contributed by atoms with Crippen LogP contribution in [-0.2, 0) is 0 Å². The number of hydrogen-bond acceptors (Lipinski definition) is 2. The molecule has 0 aliphatic heterocycles. The number of aromatic nitrogens is 2. The number of unbranched alkanes of at least 4 members (excludes halogenated alkanes) is 5. The molecule has 3 nitrogen and oxygen atoms in total. The lowest BCUT2D eigenvalue weighted by Crippen LogP contribution is -2.03. The van der Waals surface area contributed by atoms with Crippen molar-refractivity contribution in [3.05, 3.63) is 47.8 Å². The van der Waals surface area contributed by atoms with E-state index in [2.05, 4.69) is 30.7 Å². The van der Waals surface area contributed by atoms with E-state index in [1.807, 2.05) is 24.5 Å². The number of H-pyrrole nitrogens is 1. The summed E-state index contributed by atoms with van der Waals surface area (Å²) in [4.78, 5) is 7.61. The van der Waals surface area contributed by atoms with Gasteiger partial charge in [0, 0.05) is 24.4 Å². The Hall–Kier alpha value is -1.84. The van der Waals surface area contributed by atoms with E-state index in [1.165, 1.54) is 32.1 Å². The molecule has 0 saturated carbocycles. The lowest BCUT2D eigenvalue weighted by Gasteiger charge is -2.16. The molecule has 1 N–H and O–H groups in total. The molecule has 0 aliphatic carbocycles. The highest BCUT2D eigenvalue weighted by Crippen LogP contribution is 2.29. The zero-order chi connectivity index (χ0) is 20.9. The lowest BCUT2D eigenvalue weighted by atomic mass is 9.91. The van der Waals surface area contributed by atoms with Gasteiger partial charge in [-0.1, -0.05) is 65.4 Å². The lowest BCUT2D eigenvalue weighted by molar-refractivity contribution is 0.302. The van der Waals surface area contributed by atoms with E-state index >= 15 is 0 Å². The largest absolute Gasteiger partial charge is 0.493 e. The third-order valence-corrected chi connectivity index (χ3v) is 5.86. The van der Waals surface area contributed by atoms with Crippen LogP contribution in [0.1, 0.15) is 108 Å². The normalized spacial score (nSPS) is 13.4. The molecule has 0 spiro atoms. The molecule has 4 heteroatoms. The Morgan fingerprint density at radius 1 is 1.03 bits per heavy atom. The predicted octanol–water partition coefficient (Wildman–Crippen LogP) is 7.76. The van der Waals surface area contributed by atoms with Crippen molar-refractivity contribution in [2.24, 2.45) is 0 Å². The molecule has 1 aromatic heterocycles. The molecule has 0 bridgehead atoms. The molecule has 0 aliphatic rings. The first-order valence-electron chi connectivity index (χ1n) is 11.6. The fourth-order valence-electron chi connectivity index (χ4n) is 3.93. The first-order valence-corrected chi connectivity index (χ1v) is 11.6. The van der Waals surface area contributed by atoms with Gasteiger partial charge in [-0.15, -0.1) is 0 Å². The number of rotatable bonds is 15. The van der Waals surface area contributed by atoms with Crippen molar-refractivity contribution in [3.63, 3.8) is 0 Å². The Bertz CT molecular complexity index is 671. The highest BCUT2D eigenvalue weighted by Gasteiger charge is 2.15. The molecule has 0 saturated heterocycles. The first-order chi connectivity index (χ1) is 14.2. The van der Waals surface area contributed by atoms with Gasteiger partial charge in [-0.3, -0.25) is 0 Å². The molecule has 2 rings (SSSR count). The van der Waals surface area contributed by atoms with Crippen molar-refractivity contribution < 1.29 is 9.13 Å². The highest BCUT2D eigenvalue weighted by atomic mass is 19.1. The maximum absolute atomic E-state index is 14.6. The van der Waals surface area contributed by atoms with Crippen LogP contribution in [0, 0.1) is 5.82 Å². The number of hydrogen-bond donors (Lipinski definition) is 1. The second-order valence-corrected chi connectivity index (χ2v) is 8.21. The molecule has 2 unspecified atom stereocenters. The second kappa shape index (κ2) is 13.4. The first kappa shape index (κ1) is 23.4. The maximum atomic E-state index is 14.6. The van der Waals surface area contributed by atoms with Crippen LogP contribution in [0.5, 0.6) is 5.75 Å². The molecule has 162 valence electrons. The monoisotopic (exact) mass is 402 g/mol. The van der Waals surface area contributed by atoms with Gasteiger partial charge < -0.3 is 9.72 Å². The Kier molecular flexibility index (Phi) is 10.8. The van der Waals surface area contributed by atoms with Gasteiger partial charge >= 0.3 is 0 Å². The summed E-state index contributed by atoms with van der Waals surface area (Å²) in [6.45, 7) is 7.21. The Labute approximate surface area is 176 Å². The topological polar surface area (TPSA) is 37.9 Å². The van der Waals surface area contributed by atoms with Gasteiger partial charge in [-0.2, -0.15) is 0 Å². The predicted molar refractivity (Wildman–Crippen MR) is 119 cm³/mol. The fourth-order valence-corrected chi connectivity index (χ4v) is 3.93. The summed E-state index contributed by atoms with van der Waals surface area (Å²) in [6.07, 6.45) is 15.3. The summed E-state index contributed by atoms with van der Waals surface area (Å²) < 4.78 is 20.3. The number of nitrogens with one attached hydrogen (secondary N) is 1. The molecule has 1 heterocycles. The molecule has 2 aromatic rings. The third-order valence-electron chi connectivity index (χ3n) is 5.86. The second-order valence-electron chi connectivity index (χ2n) is 8.21. The van der Waals surface area contributed by atoms with E-state index in [9.17, 15) is 4.39 Å². The number of nitrogens with zero attached hydrogens (tertiary/aromatic N) is 1. The average molecular weight is 403 g/mol. The molecular formula is C25H39FN2O. The third kappa shape index (κ3) is 8.20. The summed E-state index contributed by atoms with van der Waals surface area (Å²) in [5, 5.41) is 0. The van der Waals surface area contributed by atoms with Crippen molar-refractivity contribution in [1.82, 2.24) is 9.97 Å². The van der Waals surface area contributed by atoms with Crippen molar-refractivity contribution in [1.29, 1.82) is 0 Å². The standard InChI is InChI=1S/C25H39FN2O/c1-4-6-7-8-9-10-18-29-22-14-15-23(24(26)19-22)20(3)12-11-13-21(5-2)25-27-16-17-28-25/h14-17,19-21H,4-13,18H2,1-3H3,(H,27,28). The Balaban J connectivity index is 1.72. The van der Waals surface area contributed by atoms with E-state index < -0.39 is 0 Å². The smallest absolute Gasteiger partial charge is 0.130 e. The Morgan fingerprint density at radius 2 is 1.83 bits per heavy atom. The quantitative estimate of drug-likeness (QED) is 0.309. The Morgan fingerprint density at radius 3 is 2.52 bits per heavy atom. The van der Waals surface area contributed by atoms with Gasteiger partial charge in [0.2, 0.25) is 0 Å². The molecule has 0 fully saturated rings. The van der Waals surface area contributed by atoms with Gasteiger partial charge in [0.15, 0.2) is 0 Å². The van der Waals surface area contributed by atoms with Gasteiger partial charge in [0.1, 0.15) is 17.4 Å². The minimum Gasteiger partial charge on any atom is -0.493 e. The number of halogens is 1. The van der Waals surface area contributed by atoms with Gasteiger partial charge in [0.25, 0.3) is 0 Å². The summed E-state index contributed by atoms with van der Waals surface area (Å²) in [6, 6.07) is 5.38. The van der Waals surface area contributed by atoms with Crippen LogP contribution in [0.25, 0.3) is 0 Å². The number of aromatic amines is 1. The highest BCUT2D eigenvalue weighted by molar-refractivity contribution is 5.30. The molecule has 0 amide bonds. The van der Waals surface area contributed by atoms with Crippen LogP contribution < -0.4 is 4.74 Å². The number of benzene rings is 1. The zero-order valence-electron chi connectivity index (χ0n) is 18.6. The minimum absolute atomic E-state index is 0.143. The molecule has 1 aromatic carbocycles. The SMILES string of the molecule is CCCCCCCCOc1ccc(C(C)CCCC(CC)c2ncc[nH]2)c(F)c1. The number of ether oxygens (including phenoxy) is 1. The summed E-state index contributed by atoms with van der Waals surface area (Å²) >= 11 is 0. The molecule has 2 atom stereocenters. The van der Waals surface area contributed by atoms with E-state index in [0.29, 0.717) is 18.3 Å². The minimum atomic E-state index is -0.143. The zero-order valence-corrected chi connectivity index (χ0v) is 18.6. The van der Waals surface area contributed by atoms with Gasteiger partial charge in [-0.05, 0) is 43.2 Å². The van der Waals surface area contributed by atoms with Crippen LogP contribution in [0.3, 0.4) is 0 Å². The van der Waals surface area contributed by atoms with Crippen LogP contribution in [0.2, 0.25) is 0 Å². The van der Waals surface area contributed by atoms with Gasteiger partial charge in [-0.25, -0.2) is 9.37 Å². The average Bonchev–Trinajstić information content (AvgIpc) is 3.25. The van der Waals surface area contributed by atoms with Crippen molar-refractivity contribution in [3.8, 4) is 5.75 Å².